The molecule has 1 unspecified atom stereocenters. The van der Waals surface area contributed by atoms with Crippen molar-refractivity contribution in [2.45, 2.75) is 33.8 Å². The van der Waals surface area contributed by atoms with Crippen LogP contribution in [0, 0.1) is 13.8 Å². The van der Waals surface area contributed by atoms with Crippen LogP contribution in [0.15, 0.2) is 48.7 Å². The molecular weight excluding hydrogens is 384 g/mol. The molecule has 0 spiro atoms. The van der Waals surface area contributed by atoms with Gasteiger partial charge >= 0.3 is 5.97 Å². The van der Waals surface area contributed by atoms with Crippen LogP contribution in [0.25, 0.3) is 5.82 Å². The monoisotopic (exact) mass is 406 g/mol. The molecule has 8 nitrogen and oxygen atoms in total. The van der Waals surface area contributed by atoms with Crippen molar-refractivity contribution in [3.05, 3.63) is 71.2 Å². The minimum atomic E-state index is -1.06. The molecule has 0 saturated carbocycles. The summed E-state index contributed by atoms with van der Waals surface area (Å²) in [6.45, 7) is 6.67. The number of nitrogens with one attached hydrogen (secondary N) is 1. The molecular formula is C22H22N4O4. The summed E-state index contributed by atoms with van der Waals surface area (Å²) in [7, 11) is 0. The van der Waals surface area contributed by atoms with Crippen LogP contribution in [0.2, 0.25) is 0 Å². The zero-order valence-corrected chi connectivity index (χ0v) is 17.2. The number of nitrogens with zero attached hydrogens (tertiary/aromatic N) is 3. The van der Waals surface area contributed by atoms with Gasteiger partial charge in [-0.05, 0) is 58.0 Å². The molecule has 1 amide bonds. The maximum absolute atomic E-state index is 12.4. The number of pyridine rings is 1. The summed E-state index contributed by atoms with van der Waals surface area (Å²) < 4.78 is 6.92. The fraction of sp³-hybridized carbons (Fsp3) is 0.227. The largest absolute Gasteiger partial charge is 0.449 e. The normalized spacial score (nSPS) is 11.6. The van der Waals surface area contributed by atoms with Crippen molar-refractivity contribution >= 4 is 23.3 Å². The number of carbonyl (C=O) groups is 3. The molecule has 1 atom stereocenters. The standard InChI is InChI=1S/C22H22N4O4/c1-13-11-14(2)26(25-13)20-10-9-17(12-23-20)22(29)30-16(4)21(28)24-19-8-6-5-7-18(19)15(3)27/h5-12,16H,1-4H3,(H,24,28). The average Bonchev–Trinajstić information content (AvgIpc) is 3.06. The highest BCUT2D eigenvalue weighted by atomic mass is 16.5. The zero-order chi connectivity index (χ0) is 21.8. The number of esters is 1. The Morgan fingerprint density at radius 2 is 1.83 bits per heavy atom. The van der Waals surface area contributed by atoms with Crippen molar-refractivity contribution in [2.75, 3.05) is 5.32 Å². The quantitative estimate of drug-likeness (QED) is 0.498. The maximum Gasteiger partial charge on any atom is 0.340 e. The molecule has 3 aromatic rings. The van der Waals surface area contributed by atoms with Gasteiger partial charge in [0.15, 0.2) is 17.7 Å². The van der Waals surface area contributed by atoms with E-state index in [0.717, 1.165) is 11.4 Å². The van der Waals surface area contributed by atoms with Gasteiger partial charge in [0.2, 0.25) is 0 Å². The average molecular weight is 406 g/mol. The second-order valence-electron chi connectivity index (χ2n) is 6.88. The highest BCUT2D eigenvalue weighted by Crippen LogP contribution is 2.17. The Hall–Kier alpha value is -3.81. The van der Waals surface area contributed by atoms with Crippen molar-refractivity contribution in [2.24, 2.45) is 0 Å². The van der Waals surface area contributed by atoms with Gasteiger partial charge in [0, 0.05) is 17.5 Å². The number of carbonyl (C=O) groups excluding carboxylic acids is 3. The Bertz CT molecular complexity index is 1100. The van der Waals surface area contributed by atoms with Gasteiger partial charge in [-0.15, -0.1) is 0 Å². The first-order valence-corrected chi connectivity index (χ1v) is 9.37. The maximum atomic E-state index is 12.4. The Kier molecular flexibility index (Phi) is 6.06. The molecule has 8 heteroatoms. The minimum Gasteiger partial charge on any atom is -0.449 e. The van der Waals surface area contributed by atoms with Gasteiger partial charge in [-0.3, -0.25) is 9.59 Å². The van der Waals surface area contributed by atoms with Crippen LogP contribution in [-0.2, 0) is 9.53 Å². The van der Waals surface area contributed by atoms with E-state index in [4.69, 9.17) is 4.74 Å². The number of aromatic nitrogens is 3. The molecule has 0 aliphatic rings. The van der Waals surface area contributed by atoms with E-state index in [1.54, 1.807) is 41.1 Å². The topological polar surface area (TPSA) is 103 Å². The number of Topliss-reactive ketones (excluding diaryl/α,β-unsaturated/α-hetero) is 1. The molecule has 154 valence electrons. The summed E-state index contributed by atoms with van der Waals surface area (Å²) in [6, 6.07) is 11.8. The zero-order valence-electron chi connectivity index (χ0n) is 17.2. The van der Waals surface area contributed by atoms with E-state index in [9.17, 15) is 14.4 Å². The van der Waals surface area contributed by atoms with Crippen LogP contribution in [0.5, 0.6) is 0 Å². The molecule has 2 aromatic heterocycles. The van der Waals surface area contributed by atoms with Gasteiger partial charge < -0.3 is 10.1 Å². The number of aryl methyl sites for hydroxylation is 2. The van der Waals surface area contributed by atoms with Crippen molar-refractivity contribution in [3.8, 4) is 5.82 Å². The van der Waals surface area contributed by atoms with Crippen LogP contribution >= 0.6 is 0 Å². The summed E-state index contributed by atoms with van der Waals surface area (Å²) in [5, 5.41) is 6.97. The predicted molar refractivity (Wildman–Crippen MR) is 111 cm³/mol. The molecule has 1 aromatic carbocycles. The number of para-hydroxylation sites is 1. The van der Waals surface area contributed by atoms with Gasteiger partial charge in [-0.2, -0.15) is 5.10 Å². The highest BCUT2D eigenvalue weighted by molar-refractivity contribution is 6.05. The van der Waals surface area contributed by atoms with Crippen LogP contribution in [0.1, 0.15) is 46.0 Å². The van der Waals surface area contributed by atoms with E-state index < -0.39 is 18.0 Å². The third-order valence-corrected chi connectivity index (χ3v) is 4.43. The smallest absolute Gasteiger partial charge is 0.340 e. The lowest BCUT2D eigenvalue weighted by atomic mass is 10.1. The first-order valence-electron chi connectivity index (χ1n) is 9.37. The number of ketones is 1. The summed E-state index contributed by atoms with van der Waals surface area (Å²) in [5.74, 6) is -0.817. The molecule has 30 heavy (non-hydrogen) atoms. The van der Waals surface area contributed by atoms with Gasteiger partial charge in [0.25, 0.3) is 5.91 Å². The van der Waals surface area contributed by atoms with Crippen molar-refractivity contribution in [1.82, 2.24) is 14.8 Å². The number of amides is 1. The van der Waals surface area contributed by atoms with Gasteiger partial charge in [0.1, 0.15) is 0 Å². The van der Waals surface area contributed by atoms with Crippen LogP contribution in [0.4, 0.5) is 5.69 Å². The first kappa shape index (κ1) is 20.9. The second kappa shape index (κ2) is 8.69. The lowest BCUT2D eigenvalue weighted by molar-refractivity contribution is -0.123. The molecule has 1 N–H and O–H groups in total. The van der Waals surface area contributed by atoms with Crippen LogP contribution < -0.4 is 5.32 Å². The highest BCUT2D eigenvalue weighted by Gasteiger charge is 2.21. The van der Waals surface area contributed by atoms with Crippen molar-refractivity contribution < 1.29 is 19.1 Å². The van der Waals surface area contributed by atoms with E-state index in [0.29, 0.717) is 17.1 Å². The van der Waals surface area contributed by atoms with Gasteiger partial charge in [-0.25, -0.2) is 14.5 Å². The number of hydrogen-bond donors (Lipinski definition) is 1. The number of rotatable bonds is 6. The van der Waals surface area contributed by atoms with Crippen molar-refractivity contribution in [3.63, 3.8) is 0 Å². The summed E-state index contributed by atoms with van der Waals surface area (Å²) >= 11 is 0. The Labute approximate surface area is 173 Å². The molecule has 0 saturated heterocycles. The Morgan fingerprint density at radius 1 is 1.10 bits per heavy atom. The third kappa shape index (κ3) is 4.60. The number of benzene rings is 1. The Balaban J connectivity index is 1.66. The fourth-order valence-electron chi connectivity index (χ4n) is 2.91. The van der Waals surface area contributed by atoms with Crippen molar-refractivity contribution in [1.29, 1.82) is 0 Å². The molecule has 0 bridgehead atoms. The van der Waals surface area contributed by atoms with Crippen LogP contribution in [-0.4, -0.2) is 38.5 Å². The predicted octanol–water partition coefficient (Wildman–Crippen LogP) is 3.27. The molecule has 0 radical (unpaired) electrons. The molecule has 2 heterocycles. The fourth-order valence-corrected chi connectivity index (χ4v) is 2.91. The molecule has 3 rings (SSSR count). The SMILES string of the molecule is CC(=O)c1ccccc1NC(=O)C(C)OC(=O)c1ccc(-n2nc(C)cc2C)nc1. The first-order chi connectivity index (χ1) is 14.3. The van der Waals surface area contributed by atoms with E-state index in [1.807, 2.05) is 19.9 Å². The van der Waals surface area contributed by atoms with E-state index in [1.165, 1.54) is 20.0 Å². The summed E-state index contributed by atoms with van der Waals surface area (Å²) in [4.78, 5) is 40.7. The third-order valence-electron chi connectivity index (χ3n) is 4.43. The molecule has 0 aliphatic carbocycles. The lowest BCUT2D eigenvalue weighted by Crippen LogP contribution is -2.30. The molecule has 0 aliphatic heterocycles. The van der Waals surface area contributed by atoms with Crippen LogP contribution in [0.3, 0.4) is 0 Å². The summed E-state index contributed by atoms with van der Waals surface area (Å²) in [6.07, 6.45) is 0.317. The lowest BCUT2D eigenvalue weighted by Gasteiger charge is -2.15. The van der Waals surface area contributed by atoms with Gasteiger partial charge in [0.05, 0.1) is 16.9 Å². The van der Waals surface area contributed by atoms with E-state index >= 15 is 0 Å². The Morgan fingerprint density at radius 3 is 2.43 bits per heavy atom. The van der Waals surface area contributed by atoms with E-state index in [-0.39, 0.29) is 11.3 Å². The van der Waals surface area contributed by atoms with Gasteiger partial charge in [-0.1, -0.05) is 12.1 Å². The number of hydrogen-bond acceptors (Lipinski definition) is 6. The minimum absolute atomic E-state index is 0.177. The summed E-state index contributed by atoms with van der Waals surface area (Å²) in [5.41, 5.74) is 2.75. The number of anilines is 1. The number of ether oxygens (including phenoxy) is 1. The molecule has 0 fully saturated rings. The second-order valence-corrected chi connectivity index (χ2v) is 6.88. The van der Waals surface area contributed by atoms with E-state index in [2.05, 4.69) is 15.4 Å².